The van der Waals surface area contributed by atoms with Crippen LogP contribution in [0.3, 0.4) is 0 Å². The van der Waals surface area contributed by atoms with Crippen LogP contribution >= 0.6 is 11.6 Å². The predicted octanol–water partition coefficient (Wildman–Crippen LogP) is 2.12. The van der Waals surface area contributed by atoms with Gasteiger partial charge in [0.05, 0.1) is 17.3 Å². The van der Waals surface area contributed by atoms with E-state index in [1.165, 1.54) is 6.42 Å². The smallest absolute Gasteiger partial charge is 0.238 e. The molecule has 2 fully saturated rings. The average molecular weight is 366 g/mol. The van der Waals surface area contributed by atoms with Gasteiger partial charge in [-0.05, 0) is 44.8 Å². The maximum absolute atomic E-state index is 12.6. The third-order valence-electron chi connectivity index (χ3n) is 5.31. The van der Waals surface area contributed by atoms with E-state index in [1.54, 1.807) is 12.1 Å². The quantitative estimate of drug-likeness (QED) is 0.859. The Bertz CT molecular complexity index is 653. The number of benzene rings is 1. The number of rotatable bonds is 3. The number of carbonyl (C=O) groups is 1. The van der Waals surface area contributed by atoms with E-state index in [4.69, 9.17) is 21.1 Å². The predicted molar refractivity (Wildman–Crippen MR) is 96.6 cm³/mol. The minimum absolute atomic E-state index is 0.0299. The summed E-state index contributed by atoms with van der Waals surface area (Å²) in [5.74, 6) is 1.89. The number of carbonyl (C=O) groups excluding carboxylic acids is 1. The van der Waals surface area contributed by atoms with E-state index in [1.807, 2.05) is 0 Å². The van der Waals surface area contributed by atoms with Crippen LogP contribution in [0.5, 0.6) is 11.5 Å². The van der Waals surface area contributed by atoms with Crippen LogP contribution in [0.4, 0.5) is 5.69 Å². The molecule has 3 aliphatic heterocycles. The van der Waals surface area contributed by atoms with Gasteiger partial charge in [0, 0.05) is 18.2 Å². The SMILES string of the molecule is O=C(CN1CCCC2CNCCC21)Nc1cc2c(cc1Cl)OCCO2. The molecule has 2 unspecified atom stereocenters. The van der Waals surface area contributed by atoms with E-state index in [9.17, 15) is 4.79 Å². The van der Waals surface area contributed by atoms with Crippen LogP contribution in [0.15, 0.2) is 12.1 Å². The van der Waals surface area contributed by atoms with E-state index in [0.717, 1.165) is 32.5 Å². The number of halogens is 1. The zero-order valence-electron chi connectivity index (χ0n) is 14.2. The largest absolute Gasteiger partial charge is 0.486 e. The van der Waals surface area contributed by atoms with Gasteiger partial charge in [0.2, 0.25) is 5.91 Å². The van der Waals surface area contributed by atoms with Gasteiger partial charge >= 0.3 is 0 Å². The van der Waals surface area contributed by atoms with Crippen LogP contribution in [0, 0.1) is 5.92 Å². The second-order valence-electron chi connectivity index (χ2n) is 6.96. The molecule has 3 heterocycles. The Kier molecular flexibility index (Phi) is 5.01. The van der Waals surface area contributed by atoms with E-state index >= 15 is 0 Å². The maximum Gasteiger partial charge on any atom is 0.238 e. The van der Waals surface area contributed by atoms with Gasteiger partial charge in [-0.3, -0.25) is 9.69 Å². The summed E-state index contributed by atoms with van der Waals surface area (Å²) in [5, 5.41) is 6.87. The molecule has 0 radical (unpaired) electrons. The lowest BCUT2D eigenvalue weighted by atomic mass is 9.85. The van der Waals surface area contributed by atoms with Gasteiger partial charge in [-0.1, -0.05) is 11.6 Å². The molecule has 2 saturated heterocycles. The molecule has 1 amide bonds. The minimum Gasteiger partial charge on any atom is -0.486 e. The lowest BCUT2D eigenvalue weighted by Crippen LogP contribution is -2.54. The number of fused-ring (bicyclic) bond motifs is 2. The van der Waals surface area contributed by atoms with Gasteiger partial charge in [-0.2, -0.15) is 0 Å². The van der Waals surface area contributed by atoms with Crippen molar-refractivity contribution in [3.05, 3.63) is 17.2 Å². The van der Waals surface area contributed by atoms with Crippen molar-refractivity contribution < 1.29 is 14.3 Å². The van der Waals surface area contributed by atoms with Crippen molar-refractivity contribution in [2.45, 2.75) is 25.3 Å². The van der Waals surface area contributed by atoms with Crippen molar-refractivity contribution in [2.24, 2.45) is 5.92 Å². The van der Waals surface area contributed by atoms with E-state index < -0.39 is 0 Å². The summed E-state index contributed by atoms with van der Waals surface area (Å²) >= 11 is 6.29. The molecule has 136 valence electrons. The van der Waals surface area contributed by atoms with Gasteiger partial charge in [0.25, 0.3) is 0 Å². The van der Waals surface area contributed by atoms with Crippen LogP contribution in [-0.4, -0.2) is 56.2 Å². The van der Waals surface area contributed by atoms with Gasteiger partial charge in [-0.15, -0.1) is 0 Å². The fraction of sp³-hybridized carbons (Fsp3) is 0.611. The van der Waals surface area contributed by atoms with Crippen molar-refractivity contribution in [1.82, 2.24) is 10.2 Å². The van der Waals surface area contributed by atoms with Gasteiger partial charge in [0.1, 0.15) is 13.2 Å². The molecule has 2 N–H and O–H groups in total. The second kappa shape index (κ2) is 7.40. The number of likely N-dealkylation sites (tertiary alicyclic amines) is 1. The van der Waals surface area contributed by atoms with Crippen LogP contribution in [0.1, 0.15) is 19.3 Å². The molecule has 0 aliphatic carbocycles. The van der Waals surface area contributed by atoms with Crippen molar-refractivity contribution in [3.63, 3.8) is 0 Å². The molecule has 1 aromatic carbocycles. The summed E-state index contributed by atoms with van der Waals surface area (Å²) in [6, 6.07) is 3.96. The lowest BCUT2D eigenvalue weighted by molar-refractivity contribution is -0.118. The molecule has 0 saturated carbocycles. The topological polar surface area (TPSA) is 62.8 Å². The van der Waals surface area contributed by atoms with Crippen LogP contribution in [0.25, 0.3) is 0 Å². The zero-order valence-corrected chi connectivity index (χ0v) is 15.0. The number of hydrogen-bond donors (Lipinski definition) is 2. The standard InChI is InChI=1S/C18H24ClN3O3/c19-13-8-16-17(25-7-6-24-16)9-14(13)21-18(23)11-22-5-1-2-12-10-20-4-3-15(12)22/h8-9,12,15,20H,1-7,10-11H2,(H,21,23). The van der Waals surface area contributed by atoms with Gasteiger partial charge in [-0.25, -0.2) is 0 Å². The summed E-state index contributed by atoms with van der Waals surface area (Å²) in [7, 11) is 0. The van der Waals surface area contributed by atoms with Gasteiger partial charge < -0.3 is 20.1 Å². The molecule has 1 aromatic rings. The molecule has 0 bridgehead atoms. The van der Waals surface area contributed by atoms with E-state index in [2.05, 4.69) is 15.5 Å². The Hall–Kier alpha value is -1.50. The highest BCUT2D eigenvalue weighted by Gasteiger charge is 2.34. The second-order valence-corrected chi connectivity index (χ2v) is 7.36. The fourth-order valence-corrected chi connectivity index (χ4v) is 4.34. The van der Waals surface area contributed by atoms with Crippen molar-refractivity contribution in [3.8, 4) is 11.5 Å². The molecule has 7 heteroatoms. The molecular weight excluding hydrogens is 342 g/mol. The zero-order chi connectivity index (χ0) is 17.2. The van der Waals surface area contributed by atoms with Crippen LogP contribution in [-0.2, 0) is 4.79 Å². The number of nitrogens with zero attached hydrogens (tertiary/aromatic N) is 1. The monoisotopic (exact) mass is 365 g/mol. The third kappa shape index (κ3) is 3.71. The molecule has 25 heavy (non-hydrogen) atoms. The highest BCUT2D eigenvalue weighted by molar-refractivity contribution is 6.34. The van der Waals surface area contributed by atoms with Crippen LogP contribution < -0.4 is 20.1 Å². The third-order valence-corrected chi connectivity index (χ3v) is 5.62. The molecule has 2 atom stereocenters. The first-order chi connectivity index (χ1) is 12.2. The number of anilines is 1. The Morgan fingerprint density at radius 2 is 2.08 bits per heavy atom. The summed E-state index contributed by atoms with van der Waals surface area (Å²) in [6.07, 6.45) is 3.52. The Morgan fingerprint density at radius 3 is 2.92 bits per heavy atom. The first-order valence-corrected chi connectivity index (χ1v) is 9.42. The summed E-state index contributed by atoms with van der Waals surface area (Å²) in [5.41, 5.74) is 0.579. The number of amides is 1. The Labute approximate surface area is 152 Å². The first kappa shape index (κ1) is 16.9. The van der Waals surface area contributed by atoms with Crippen LogP contribution in [0.2, 0.25) is 5.02 Å². The maximum atomic E-state index is 12.6. The Morgan fingerprint density at radius 1 is 1.28 bits per heavy atom. The molecule has 3 aliphatic rings. The molecule has 0 aromatic heterocycles. The Balaban J connectivity index is 1.42. The normalized spacial score (nSPS) is 26.0. The number of nitrogens with one attached hydrogen (secondary N) is 2. The molecular formula is C18H24ClN3O3. The van der Waals surface area contributed by atoms with E-state index in [-0.39, 0.29) is 5.91 Å². The molecule has 0 spiro atoms. The highest BCUT2D eigenvalue weighted by Crippen LogP contribution is 2.38. The highest BCUT2D eigenvalue weighted by atomic mass is 35.5. The number of piperidine rings is 2. The fourth-order valence-electron chi connectivity index (χ4n) is 4.14. The van der Waals surface area contributed by atoms with E-state index in [0.29, 0.717) is 53.9 Å². The summed E-state index contributed by atoms with van der Waals surface area (Å²) in [4.78, 5) is 14.9. The summed E-state index contributed by atoms with van der Waals surface area (Å²) in [6.45, 7) is 4.52. The van der Waals surface area contributed by atoms with Crippen molar-refractivity contribution in [1.29, 1.82) is 0 Å². The number of hydrogen-bond acceptors (Lipinski definition) is 5. The van der Waals surface area contributed by atoms with Gasteiger partial charge in [0.15, 0.2) is 11.5 Å². The molecule has 4 rings (SSSR count). The lowest BCUT2D eigenvalue weighted by Gasteiger charge is -2.44. The van der Waals surface area contributed by atoms with Crippen molar-refractivity contribution in [2.75, 3.05) is 44.7 Å². The average Bonchev–Trinajstić information content (AvgIpc) is 2.63. The molecule has 6 nitrogen and oxygen atoms in total. The first-order valence-electron chi connectivity index (χ1n) is 9.04. The van der Waals surface area contributed by atoms with Crippen molar-refractivity contribution >= 4 is 23.2 Å². The minimum atomic E-state index is -0.0299. The number of ether oxygens (including phenoxy) is 2. The summed E-state index contributed by atoms with van der Waals surface area (Å²) < 4.78 is 11.1.